The first-order valence-corrected chi connectivity index (χ1v) is 7.45. The monoisotopic (exact) mass is 288 g/mol. The highest BCUT2D eigenvalue weighted by Crippen LogP contribution is 2.17. The third-order valence-electron chi connectivity index (χ3n) is 2.87. The largest absolute Gasteiger partial charge is 0.319 e. The van der Waals surface area contributed by atoms with E-state index in [-0.39, 0.29) is 0 Å². The van der Waals surface area contributed by atoms with Crippen LogP contribution in [-0.2, 0) is 6.54 Å². The summed E-state index contributed by atoms with van der Waals surface area (Å²) in [7, 11) is 0. The van der Waals surface area contributed by atoms with Crippen LogP contribution < -0.4 is 0 Å². The maximum Gasteiger partial charge on any atom is 0.168 e. The Hall–Kier alpha value is -1.66. The third kappa shape index (κ3) is 2.41. The fourth-order valence-electron chi connectivity index (χ4n) is 1.93. The van der Waals surface area contributed by atoms with Gasteiger partial charge < -0.3 is 4.98 Å². The summed E-state index contributed by atoms with van der Waals surface area (Å²) in [5.74, 6) is 0. The third-order valence-corrected chi connectivity index (χ3v) is 3.76. The van der Waals surface area contributed by atoms with Crippen molar-refractivity contribution >= 4 is 35.0 Å². The Morgan fingerprint density at radius 1 is 1.32 bits per heavy atom. The minimum atomic E-state index is 0.595. The fraction of sp³-hybridized carbons (Fsp3) is 0.154. The lowest BCUT2D eigenvalue weighted by Crippen LogP contribution is -2.03. The Morgan fingerprint density at radius 3 is 2.84 bits per heavy atom. The molecule has 0 aliphatic heterocycles. The Labute approximate surface area is 119 Å². The van der Waals surface area contributed by atoms with Crippen LogP contribution in [0.3, 0.4) is 0 Å². The summed E-state index contributed by atoms with van der Waals surface area (Å²) >= 11 is 6.83. The van der Waals surface area contributed by atoms with E-state index in [9.17, 15) is 0 Å². The molecule has 0 atom stereocenters. The maximum absolute atomic E-state index is 5.29. The van der Waals surface area contributed by atoms with Gasteiger partial charge in [0.2, 0.25) is 0 Å². The molecule has 0 radical (unpaired) electrons. The molecule has 19 heavy (non-hydrogen) atoms. The van der Waals surface area contributed by atoms with Gasteiger partial charge in [-0.1, -0.05) is 54.3 Å². The second-order valence-corrected chi connectivity index (χ2v) is 5.28. The molecule has 0 aliphatic carbocycles. The van der Waals surface area contributed by atoms with Crippen molar-refractivity contribution in [2.45, 2.75) is 11.7 Å². The van der Waals surface area contributed by atoms with Gasteiger partial charge in [0.05, 0.1) is 18.1 Å². The van der Waals surface area contributed by atoms with E-state index in [2.05, 4.69) is 27.2 Å². The number of hydrogen-bond acceptors (Lipinski definition) is 4. The molecule has 0 bridgehead atoms. The average Bonchev–Trinajstić information content (AvgIpc) is 2.83. The quantitative estimate of drug-likeness (QED) is 0.456. The highest BCUT2D eigenvalue weighted by molar-refractivity contribution is 7.98. The molecule has 0 saturated carbocycles. The normalized spacial score (nSPS) is 11.0. The highest BCUT2D eigenvalue weighted by Gasteiger charge is 2.07. The van der Waals surface area contributed by atoms with Gasteiger partial charge >= 0.3 is 0 Å². The lowest BCUT2D eigenvalue weighted by atomic mass is 10.2. The van der Waals surface area contributed by atoms with E-state index < -0.39 is 0 Å². The molecule has 2 heterocycles. The smallest absolute Gasteiger partial charge is 0.168 e. The molecule has 0 unspecified atom stereocenters. The molecule has 0 spiro atoms. The number of rotatable bonds is 3. The van der Waals surface area contributed by atoms with Gasteiger partial charge in [-0.15, -0.1) is 0 Å². The zero-order valence-corrected chi connectivity index (χ0v) is 12.0. The number of hydrogen-bond donors (Lipinski definition) is 1. The average molecular weight is 288 g/mol. The molecular weight excluding hydrogens is 276 g/mol. The molecule has 2 aromatic heterocycles. The Morgan fingerprint density at radius 2 is 2.11 bits per heavy atom. The number of aromatic amines is 1. The van der Waals surface area contributed by atoms with Crippen LogP contribution in [0.4, 0.5) is 0 Å². The summed E-state index contributed by atoms with van der Waals surface area (Å²) in [5.41, 5.74) is 2.13. The van der Waals surface area contributed by atoms with Crippen molar-refractivity contribution < 1.29 is 0 Å². The Bertz CT molecular complexity index is 761. The summed E-state index contributed by atoms with van der Waals surface area (Å²) in [5, 5.41) is 6.10. The van der Waals surface area contributed by atoms with Crippen LogP contribution in [0.5, 0.6) is 0 Å². The summed E-state index contributed by atoms with van der Waals surface area (Å²) in [6.07, 6.45) is 3.74. The van der Waals surface area contributed by atoms with E-state index in [4.69, 9.17) is 12.2 Å². The van der Waals surface area contributed by atoms with Gasteiger partial charge in [0.15, 0.2) is 5.16 Å². The summed E-state index contributed by atoms with van der Waals surface area (Å²) < 4.78 is 2.51. The number of nitrogens with one attached hydrogen (secondary N) is 1. The van der Waals surface area contributed by atoms with Crippen molar-refractivity contribution in [1.82, 2.24) is 19.7 Å². The molecule has 0 fully saturated rings. The van der Waals surface area contributed by atoms with E-state index >= 15 is 0 Å². The van der Waals surface area contributed by atoms with Crippen LogP contribution in [0, 0.1) is 4.64 Å². The Kier molecular flexibility index (Phi) is 3.35. The lowest BCUT2D eigenvalue weighted by molar-refractivity contribution is 0.699. The number of benzene rings is 1. The van der Waals surface area contributed by atoms with Gasteiger partial charge in [-0.2, -0.15) is 5.10 Å². The SMILES string of the molecule is CSc1nc(=S)c2cnn(Cc3ccccc3)c2[nH]1. The van der Waals surface area contributed by atoms with Crippen LogP contribution >= 0.6 is 24.0 Å². The predicted octanol–water partition coefficient (Wildman–Crippen LogP) is 3.26. The van der Waals surface area contributed by atoms with E-state index in [0.717, 1.165) is 16.2 Å². The van der Waals surface area contributed by atoms with E-state index in [1.807, 2.05) is 29.1 Å². The van der Waals surface area contributed by atoms with Crippen LogP contribution in [0.1, 0.15) is 5.56 Å². The molecular formula is C13H12N4S2. The number of H-pyrrole nitrogens is 1. The first kappa shape index (κ1) is 12.4. The molecule has 1 aromatic carbocycles. The molecule has 96 valence electrons. The van der Waals surface area contributed by atoms with Crippen LogP contribution in [-0.4, -0.2) is 26.0 Å². The van der Waals surface area contributed by atoms with Gasteiger partial charge in [0.1, 0.15) is 10.3 Å². The molecule has 3 rings (SSSR count). The number of thioether (sulfide) groups is 1. The zero-order chi connectivity index (χ0) is 13.2. The standard InChI is InChI=1S/C13H12N4S2/c1-19-13-15-11-10(12(18)16-13)7-14-17(11)8-9-5-3-2-4-6-9/h2-7H,8H2,1H3,(H,15,16,18). The van der Waals surface area contributed by atoms with Gasteiger partial charge in [-0.25, -0.2) is 9.67 Å². The number of nitrogens with zero attached hydrogens (tertiary/aromatic N) is 3. The maximum atomic E-state index is 5.29. The molecule has 0 saturated heterocycles. The predicted molar refractivity (Wildman–Crippen MR) is 80.0 cm³/mol. The van der Waals surface area contributed by atoms with E-state index in [0.29, 0.717) is 11.2 Å². The van der Waals surface area contributed by atoms with Crippen molar-refractivity contribution in [2.75, 3.05) is 6.26 Å². The first-order chi connectivity index (χ1) is 9.28. The fourth-order valence-corrected chi connectivity index (χ4v) is 2.61. The van der Waals surface area contributed by atoms with Gasteiger partial charge in [-0.3, -0.25) is 0 Å². The van der Waals surface area contributed by atoms with E-state index in [1.54, 1.807) is 18.0 Å². The molecule has 4 nitrogen and oxygen atoms in total. The summed E-state index contributed by atoms with van der Waals surface area (Å²) in [4.78, 5) is 7.58. The molecule has 3 aromatic rings. The summed E-state index contributed by atoms with van der Waals surface area (Å²) in [6, 6.07) is 10.2. The Balaban J connectivity index is 2.10. The van der Waals surface area contributed by atoms with Crippen molar-refractivity contribution in [3.8, 4) is 0 Å². The molecule has 0 amide bonds. The molecule has 0 aliphatic rings. The second-order valence-electron chi connectivity index (χ2n) is 4.10. The summed E-state index contributed by atoms with van der Waals surface area (Å²) in [6.45, 7) is 0.716. The molecule has 6 heteroatoms. The molecule has 1 N–H and O–H groups in total. The van der Waals surface area contributed by atoms with Crippen molar-refractivity contribution in [3.05, 3.63) is 46.7 Å². The van der Waals surface area contributed by atoms with Gasteiger partial charge in [0, 0.05) is 0 Å². The second kappa shape index (κ2) is 5.14. The van der Waals surface area contributed by atoms with Crippen LogP contribution in [0.2, 0.25) is 0 Å². The number of aromatic nitrogens is 4. The lowest BCUT2D eigenvalue weighted by Gasteiger charge is -2.04. The van der Waals surface area contributed by atoms with Crippen LogP contribution in [0.15, 0.2) is 41.7 Å². The van der Waals surface area contributed by atoms with Crippen LogP contribution in [0.25, 0.3) is 11.0 Å². The minimum Gasteiger partial charge on any atom is -0.319 e. The van der Waals surface area contributed by atoms with Crippen molar-refractivity contribution in [2.24, 2.45) is 0 Å². The minimum absolute atomic E-state index is 0.595. The van der Waals surface area contributed by atoms with Crippen molar-refractivity contribution in [1.29, 1.82) is 0 Å². The van der Waals surface area contributed by atoms with Gasteiger partial charge in [0.25, 0.3) is 0 Å². The highest BCUT2D eigenvalue weighted by atomic mass is 32.2. The number of fused-ring (bicyclic) bond motifs is 1. The van der Waals surface area contributed by atoms with E-state index in [1.165, 1.54) is 5.56 Å². The van der Waals surface area contributed by atoms with Gasteiger partial charge in [-0.05, 0) is 11.8 Å². The van der Waals surface area contributed by atoms with Crippen molar-refractivity contribution in [3.63, 3.8) is 0 Å². The zero-order valence-electron chi connectivity index (χ0n) is 10.3. The first-order valence-electron chi connectivity index (χ1n) is 5.81. The topological polar surface area (TPSA) is 46.5 Å².